The Kier molecular flexibility index (Phi) is 10.2. The van der Waals surface area contributed by atoms with Crippen molar-refractivity contribution in [2.75, 3.05) is 26.8 Å². The molecule has 102 valence electrons. The van der Waals surface area contributed by atoms with Gasteiger partial charge in [-0.1, -0.05) is 32.6 Å². The van der Waals surface area contributed by atoms with Crippen molar-refractivity contribution in [3.05, 3.63) is 0 Å². The van der Waals surface area contributed by atoms with Gasteiger partial charge < -0.3 is 14.7 Å². The van der Waals surface area contributed by atoms with Crippen molar-refractivity contribution < 1.29 is 14.6 Å². The molecule has 0 heterocycles. The number of ether oxygens (including phenoxy) is 1. The minimum atomic E-state index is -0.456. The molecule has 0 radical (unpaired) electrons. The number of aliphatic hydroxyl groups excluding tert-OH is 1. The molecule has 0 saturated carbocycles. The number of carbonyl (C=O) groups excluding carboxylic acids is 1. The summed E-state index contributed by atoms with van der Waals surface area (Å²) in [6.45, 7) is 4.88. The summed E-state index contributed by atoms with van der Waals surface area (Å²) in [5.74, 6) is -0.00561. The zero-order valence-corrected chi connectivity index (χ0v) is 11.4. The number of carbonyl (C=O) groups is 1. The van der Waals surface area contributed by atoms with Crippen LogP contribution in [0.4, 0.5) is 0 Å². The van der Waals surface area contributed by atoms with Gasteiger partial charge in [-0.2, -0.15) is 0 Å². The van der Waals surface area contributed by atoms with Crippen molar-refractivity contribution in [3.8, 4) is 0 Å². The Morgan fingerprint density at radius 1 is 1.29 bits per heavy atom. The number of hydrogen-bond donors (Lipinski definition) is 1. The van der Waals surface area contributed by atoms with E-state index >= 15 is 0 Å². The fraction of sp³-hybridized carbons (Fsp3) is 0.923. The number of likely N-dealkylation sites (N-methyl/N-ethyl adjacent to an activating group) is 1. The van der Waals surface area contributed by atoms with E-state index in [9.17, 15) is 4.79 Å². The molecule has 1 atom stereocenters. The van der Waals surface area contributed by atoms with Gasteiger partial charge in [0, 0.05) is 13.6 Å². The number of aliphatic hydroxyl groups is 1. The molecule has 0 fully saturated rings. The monoisotopic (exact) mass is 245 g/mol. The lowest BCUT2D eigenvalue weighted by Crippen LogP contribution is -2.37. The molecule has 4 heteroatoms. The summed E-state index contributed by atoms with van der Waals surface area (Å²) in [6.07, 6.45) is 5.53. The fourth-order valence-electron chi connectivity index (χ4n) is 1.67. The third-order valence-electron chi connectivity index (χ3n) is 2.78. The average Bonchev–Trinajstić information content (AvgIpc) is 2.34. The van der Waals surface area contributed by atoms with Crippen LogP contribution >= 0.6 is 0 Å². The largest absolute Gasteiger partial charge is 0.394 e. The molecule has 1 N–H and O–H groups in total. The van der Waals surface area contributed by atoms with Crippen molar-refractivity contribution in [2.45, 2.75) is 52.1 Å². The molecule has 0 rings (SSSR count). The molecule has 17 heavy (non-hydrogen) atoms. The summed E-state index contributed by atoms with van der Waals surface area (Å²) >= 11 is 0. The summed E-state index contributed by atoms with van der Waals surface area (Å²) in [5, 5.41) is 8.61. The second-order valence-corrected chi connectivity index (χ2v) is 4.41. The van der Waals surface area contributed by atoms with Crippen LogP contribution in [0.3, 0.4) is 0 Å². The van der Waals surface area contributed by atoms with Gasteiger partial charge in [0.2, 0.25) is 0 Å². The molecule has 0 aliphatic rings. The summed E-state index contributed by atoms with van der Waals surface area (Å²) < 4.78 is 5.18. The molecule has 0 aromatic heterocycles. The lowest BCUT2D eigenvalue weighted by Gasteiger charge is -2.21. The summed E-state index contributed by atoms with van der Waals surface area (Å²) in [5.41, 5.74) is 0. The quantitative estimate of drug-likeness (QED) is 0.597. The van der Waals surface area contributed by atoms with Crippen LogP contribution in [0.1, 0.15) is 46.0 Å². The highest BCUT2D eigenvalue weighted by Gasteiger charge is 2.17. The molecule has 0 bridgehead atoms. The smallest absolute Gasteiger partial charge is 0.251 e. The zero-order valence-electron chi connectivity index (χ0n) is 11.4. The van der Waals surface area contributed by atoms with Gasteiger partial charge in [-0.3, -0.25) is 4.79 Å². The number of hydrogen-bond acceptors (Lipinski definition) is 3. The zero-order chi connectivity index (χ0) is 13.1. The minimum absolute atomic E-state index is 0.00561. The topological polar surface area (TPSA) is 49.8 Å². The van der Waals surface area contributed by atoms with Crippen LogP contribution in [0.25, 0.3) is 0 Å². The SMILES string of the molecule is CCCCCCCN(C)C(=O)C(C)OCCO. The maximum Gasteiger partial charge on any atom is 0.251 e. The highest BCUT2D eigenvalue weighted by Crippen LogP contribution is 2.04. The van der Waals surface area contributed by atoms with Crippen LogP contribution in [-0.4, -0.2) is 48.8 Å². The van der Waals surface area contributed by atoms with Crippen LogP contribution in [0.2, 0.25) is 0 Å². The van der Waals surface area contributed by atoms with Crippen LogP contribution in [0, 0.1) is 0 Å². The van der Waals surface area contributed by atoms with Crippen molar-refractivity contribution in [2.24, 2.45) is 0 Å². The van der Waals surface area contributed by atoms with Crippen LogP contribution < -0.4 is 0 Å². The molecule has 0 saturated heterocycles. The predicted octanol–water partition coefficient (Wildman–Crippen LogP) is 1.81. The van der Waals surface area contributed by atoms with Crippen LogP contribution in [0.15, 0.2) is 0 Å². The molecule has 0 aromatic rings. The first-order valence-electron chi connectivity index (χ1n) is 6.60. The van der Waals surface area contributed by atoms with Gasteiger partial charge in [-0.25, -0.2) is 0 Å². The molecule has 0 aromatic carbocycles. The van der Waals surface area contributed by atoms with Gasteiger partial charge in [0.1, 0.15) is 6.10 Å². The number of nitrogens with zero attached hydrogens (tertiary/aromatic N) is 1. The third kappa shape index (κ3) is 8.16. The van der Waals surface area contributed by atoms with Gasteiger partial charge in [0.15, 0.2) is 0 Å². The van der Waals surface area contributed by atoms with E-state index in [1.165, 1.54) is 25.7 Å². The number of rotatable bonds is 10. The maximum atomic E-state index is 11.8. The predicted molar refractivity (Wildman–Crippen MR) is 68.9 cm³/mol. The van der Waals surface area contributed by atoms with Crippen molar-refractivity contribution in [1.82, 2.24) is 4.90 Å². The standard InChI is InChI=1S/C13H27NO3/c1-4-5-6-7-8-9-14(3)13(16)12(2)17-11-10-15/h12,15H,4-11H2,1-3H3. The molecule has 0 aliphatic heterocycles. The highest BCUT2D eigenvalue weighted by atomic mass is 16.5. The molecular formula is C13H27NO3. The van der Waals surface area contributed by atoms with E-state index in [0.717, 1.165) is 13.0 Å². The summed E-state index contributed by atoms with van der Waals surface area (Å²) in [7, 11) is 1.81. The number of unbranched alkanes of at least 4 members (excludes halogenated alkanes) is 4. The van der Waals surface area contributed by atoms with Crippen LogP contribution in [0.5, 0.6) is 0 Å². The molecule has 0 aliphatic carbocycles. The summed E-state index contributed by atoms with van der Waals surface area (Å²) in [4.78, 5) is 13.5. The molecule has 1 unspecified atom stereocenters. The number of amides is 1. The Morgan fingerprint density at radius 2 is 1.94 bits per heavy atom. The second kappa shape index (κ2) is 10.5. The van der Waals surface area contributed by atoms with E-state index in [2.05, 4.69) is 6.92 Å². The first-order valence-corrected chi connectivity index (χ1v) is 6.60. The third-order valence-corrected chi connectivity index (χ3v) is 2.78. The van der Waals surface area contributed by atoms with E-state index in [4.69, 9.17) is 9.84 Å². The Bertz CT molecular complexity index is 197. The molecule has 4 nitrogen and oxygen atoms in total. The fourth-order valence-corrected chi connectivity index (χ4v) is 1.67. The normalized spacial score (nSPS) is 12.5. The molecule has 1 amide bonds. The van der Waals surface area contributed by atoms with Gasteiger partial charge in [0.05, 0.1) is 13.2 Å². The van der Waals surface area contributed by atoms with Crippen molar-refractivity contribution >= 4 is 5.91 Å². The van der Waals surface area contributed by atoms with Gasteiger partial charge in [-0.05, 0) is 13.3 Å². The maximum absolute atomic E-state index is 11.8. The lowest BCUT2D eigenvalue weighted by atomic mass is 10.1. The van der Waals surface area contributed by atoms with Crippen LogP contribution in [-0.2, 0) is 9.53 Å². The van der Waals surface area contributed by atoms with Gasteiger partial charge in [0.25, 0.3) is 5.91 Å². The first-order chi connectivity index (χ1) is 8.13. The van der Waals surface area contributed by atoms with E-state index in [0.29, 0.717) is 0 Å². The minimum Gasteiger partial charge on any atom is -0.394 e. The van der Waals surface area contributed by atoms with Gasteiger partial charge >= 0.3 is 0 Å². The Morgan fingerprint density at radius 3 is 2.53 bits per heavy atom. The van der Waals surface area contributed by atoms with E-state index in [1.54, 1.807) is 18.9 Å². The Labute approximate surface area is 105 Å². The summed E-state index contributed by atoms with van der Waals surface area (Å²) in [6, 6.07) is 0. The van der Waals surface area contributed by atoms with Crippen molar-refractivity contribution in [1.29, 1.82) is 0 Å². The molecular weight excluding hydrogens is 218 g/mol. The van der Waals surface area contributed by atoms with Crippen molar-refractivity contribution in [3.63, 3.8) is 0 Å². The Balaban J connectivity index is 3.65. The first kappa shape index (κ1) is 16.4. The van der Waals surface area contributed by atoms with E-state index in [-0.39, 0.29) is 19.1 Å². The van der Waals surface area contributed by atoms with E-state index < -0.39 is 6.10 Å². The average molecular weight is 245 g/mol. The van der Waals surface area contributed by atoms with E-state index in [1.807, 2.05) is 0 Å². The second-order valence-electron chi connectivity index (χ2n) is 4.41. The highest BCUT2D eigenvalue weighted by molar-refractivity contribution is 5.80. The lowest BCUT2D eigenvalue weighted by molar-refractivity contribution is -0.141. The molecule has 0 spiro atoms. The Hall–Kier alpha value is -0.610. The van der Waals surface area contributed by atoms with Gasteiger partial charge in [-0.15, -0.1) is 0 Å².